The molecule has 0 saturated carbocycles. The van der Waals surface area contributed by atoms with Crippen LogP contribution in [0.25, 0.3) is 6.08 Å². The van der Waals surface area contributed by atoms with Gasteiger partial charge in [0.05, 0.1) is 5.54 Å². The summed E-state index contributed by atoms with van der Waals surface area (Å²) in [4.78, 5) is 16.8. The van der Waals surface area contributed by atoms with Crippen molar-refractivity contribution in [2.45, 2.75) is 39.2 Å². The van der Waals surface area contributed by atoms with Crippen LogP contribution in [0.15, 0.2) is 65.7 Å². The van der Waals surface area contributed by atoms with E-state index in [1.165, 1.54) is 0 Å². The van der Waals surface area contributed by atoms with E-state index in [2.05, 4.69) is 30.2 Å². The minimum atomic E-state index is -0.260. The van der Waals surface area contributed by atoms with Gasteiger partial charge in [-0.15, -0.1) is 0 Å². The molecule has 0 aliphatic rings. The van der Waals surface area contributed by atoms with Crippen molar-refractivity contribution >= 4 is 23.9 Å². The molecule has 0 saturated heterocycles. The van der Waals surface area contributed by atoms with E-state index in [1.54, 1.807) is 6.08 Å². The first-order valence-corrected chi connectivity index (χ1v) is 8.72. The number of amides is 1. The van der Waals surface area contributed by atoms with Crippen molar-refractivity contribution < 1.29 is 4.79 Å². The van der Waals surface area contributed by atoms with Crippen LogP contribution in [0.2, 0.25) is 0 Å². The number of hydrogen-bond donors (Lipinski definition) is 1. The molecule has 0 aliphatic carbocycles. The lowest BCUT2D eigenvalue weighted by Gasteiger charge is -2.26. The van der Waals surface area contributed by atoms with Crippen LogP contribution in [0.3, 0.4) is 0 Å². The molecule has 130 valence electrons. The zero-order valence-electron chi connectivity index (χ0n) is 15.2. The third-order valence-corrected chi connectivity index (χ3v) is 4.13. The molecular weight excluding hydrogens is 308 g/mol. The Morgan fingerprint density at radius 3 is 2.60 bits per heavy atom. The number of carbonyl (C=O) groups excluding carboxylic acids is 1. The van der Waals surface area contributed by atoms with Crippen LogP contribution in [-0.2, 0) is 10.3 Å². The van der Waals surface area contributed by atoms with Gasteiger partial charge in [0.2, 0.25) is 5.91 Å². The Balaban J connectivity index is 2.13. The molecule has 1 N–H and O–H groups in total. The van der Waals surface area contributed by atoms with Gasteiger partial charge in [-0.2, -0.15) is 0 Å². The smallest absolute Gasteiger partial charge is 0.248 e. The van der Waals surface area contributed by atoms with Gasteiger partial charge in [-0.1, -0.05) is 55.8 Å². The summed E-state index contributed by atoms with van der Waals surface area (Å²) < 4.78 is 0. The Labute approximate surface area is 150 Å². The van der Waals surface area contributed by atoms with Crippen LogP contribution in [0, 0.1) is 0 Å². The Bertz CT molecular complexity index is 750. The SMILES string of the molecule is CC=NC(C)(CCC)c1cccc(NC(=O)/C=C/c2ccccc2)c1. The lowest BCUT2D eigenvalue weighted by molar-refractivity contribution is -0.111. The highest BCUT2D eigenvalue weighted by molar-refractivity contribution is 6.01. The minimum Gasteiger partial charge on any atom is -0.323 e. The molecule has 2 aromatic carbocycles. The van der Waals surface area contributed by atoms with Gasteiger partial charge < -0.3 is 5.32 Å². The van der Waals surface area contributed by atoms with Crippen molar-refractivity contribution in [2.24, 2.45) is 4.99 Å². The Morgan fingerprint density at radius 2 is 1.92 bits per heavy atom. The topological polar surface area (TPSA) is 41.5 Å². The molecule has 3 nitrogen and oxygen atoms in total. The van der Waals surface area contributed by atoms with E-state index in [-0.39, 0.29) is 11.4 Å². The average Bonchev–Trinajstić information content (AvgIpc) is 2.61. The van der Waals surface area contributed by atoms with E-state index < -0.39 is 0 Å². The number of rotatable bonds is 7. The summed E-state index contributed by atoms with van der Waals surface area (Å²) >= 11 is 0. The predicted octanol–water partition coefficient (Wildman–Crippen LogP) is 5.44. The highest BCUT2D eigenvalue weighted by Crippen LogP contribution is 2.31. The van der Waals surface area contributed by atoms with Gasteiger partial charge >= 0.3 is 0 Å². The number of carbonyl (C=O) groups is 1. The number of nitrogens with zero attached hydrogens (tertiary/aromatic N) is 1. The van der Waals surface area contributed by atoms with E-state index in [0.29, 0.717) is 0 Å². The second kappa shape index (κ2) is 8.97. The van der Waals surface area contributed by atoms with Crippen LogP contribution in [-0.4, -0.2) is 12.1 Å². The van der Waals surface area contributed by atoms with Crippen molar-refractivity contribution in [1.82, 2.24) is 0 Å². The largest absolute Gasteiger partial charge is 0.323 e. The fraction of sp³-hybridized carbons (Fsp3) is 0.273. The number of nitrogens with one attached hydrogen (secondary N) is 1. The van der Waals surface area contributed by atoms with Crippen LogP contribution in [0.1, 0.15) is 44.7 Å². The maximum Gasteiger partial charge on any atom is 0.248 e. The standard InChI is InChI=1S/C22H26N2O/c1-4-16-22(3,23-5-2)19-12-9-13-20(17-19)24-21(25)15-14-18-10-7-6-8-11-18/h5-15,17H,4,16H2,1-3H3,(H,24,25)/b15-14+,23-5?. The van der Waals surface area contributed by atoms with Crippen LogP contribution in [0.5, 0.6) is 0 Å². The molecule has 1 atom stereocenters. The van der Waals surface area contributed by atoms with Gasteiger partial charge in [0.25, 0.3) is 0 Å². The number of benzene rings is 2. The van der Waals surface area contributed by atoms with Gasteiger partial charge in [-0.05, 0) is 55.8 Å². The molecule has 0 radical (unpaired) electrons. The van der Waals surface area contributed by atoms with Crippen molar-refractivity contribution in [3.05, 3.63) is 71.8 Å². The monoisotopic (exact) mass is 334 g/mol. The summed E-state index contributed by atoms with van der Waals surface area (Å²) in [6.45, 7) is 6.23. The normalized spacial score (nSPS) is 13.9. The quantitative estimate of drug-likeness (QED) is 0.531. The minimum absolute atomic E-state index is 0.141. The van der Waals surface area contributed by atoms with E-state index >= 15 is 0 Å². The highest BCUT2D eigenvalue weighted by Gasteiger charge is 2.24. The van der Waals surface area contributed by atoms with Gasteiger partial charge in [0, 0.05) is 11.8 Å². The van der Waals surface area contributed by atoms with E-state index in [0.717, 1.165) is 29.7 Å². The first kappa shape index (κ1) is 18.7. The third-order valence-electron chi connectivity index (χ3n) is 4.13. The molecular formula is C22H26N2O. The Hall–Kier alpha value is -2.68. The fourth-order valence-electron chi connectivity index (χ4n) is 2.91. The van der Waals surface area contributed by atoms with Crippen LogP contribution >= 0.6 is 0 Å². The lowest BCUT2D eigenvalue weighted by atomic mass is 9.88. The highest BCUT2D eigenvalue weighted by atomic mass is 16.1. The molecule has 1 amide bonds. The van der Waals surface area contributed by atoms with Crippen LogP contribution in [0.4, 0.5) is 5.69 Å². The molecule has 2 rings (SSSR count). The lowest BCUT2D eigenvalue weighted by Crippen LogP contribution is -2.19. The van der Waals surface area contributed by atoms with Crippen molar-refractivity contribution in [1.29, 1.82) is 0 Å². The van der Waals surface area contributed by atoms with Gasteiger partial charge in [0.15, 0.2) is 0 Å². The Kier molecular flexibility index (Phi) is 6.70. The van der Waals surface area contributed by atoms with E-state index in [9.17, 15) is 4.79 Å². The predicted molar refractivity (Wildman–Crippen MR) is 107 cm³/mol. The number of anilines is 1. The zero-order chi connectivity index (χ0) is 18.1. The molecule has 0 heterocycles. The fourth-order valence-corrected chi connectivity index (χ4v) is 2.91. The maximum atomic E-state index is 12.2. The number of hydrogen-bond acceptors (Lipinski definition) is 2. The molecule has 1 unspecified atom stereocenters. The zero-order valence-corrected chi connectivity index (χ0v) is 15.2. The second-order valence-electron chi connectivity index (χ2n) is 6.23. The summed E-state index contributed by atoms with van der Waals surface area (Å²) in [6.07, 6.45) is 7.22. The van der Waals surface area contributed by atoms with Crippen LogP contribution < -0.4 is 5.32 Å². The Morgan fingerprint density at radius 1 is 1.16 bits per heavy atom. The van der Waals surface area contributed by atoms with Gasteiger partial charge in [-0.25, -0.2) is 0 Å². The van der Waals surface area contributed by atoms with Crippen molar-refractivity contribution in [3.63, 3.8) is 0 Å². The molecule has 3 heteroatoms. The summed E-state index contributed by atoms with van der Waals surface area (Å²) in [5.74, 6) is -0.141. The summed E-state index contributed by atoms with van der Waals surface area (Å²) in [5.41, 5.74) is 2.63. The van der Waals surface area contributed by atoms with E-state index in [4.69, 9.17) is 0 Å². The van der Waals surface area contributed by atoms with Crippen molar-refractivity contribution in [3.8, 4) is 0 Å². The van der Waals surface area contributed by atoms with Gasteiger partial charge in [0.1, 0.15) is 0 Å². The summed E-state index contributed by atoms with van der Waals surface area (Å²) in [6, 6.07) is 17.7. The molecule has 0 aromatic heterocycles. The second-order valence-corrected chi connectivity index (χ2v) is 6.23. The molecule has 0 spiro atoms. The molecule has 0 fully saturated rings. The third kappa shape index (κ3) is 5.42. The molecule has 0 aliphatic heterocycles. The molecule has 2 aromatic rings. The van der Waals surface area contributed by atoms with E-state index in [1.807, 2.05) is 67.7 Å². The molecule has 25 heavy (non-hydrogen) atoms. The number of aliphatic imine (C=N–C) groups is 1. The first-order chi connectivity index (χ1) is 12.1. The summed E-state index contributed by atoms with van der Waals surface area (Å²) in [7, 11) is 0. The maximum absolute atomic E-state index is 12.2. The van der Waals surface area contributed by atoms with Gasteiger partial charge in [-0.3, -0.25) is 9.79 Å². The van der Waals surface area contributed by atoms with Crippen molar-refractivity contribution in [2.75, 3.05) is 5.32 Å². The average molecular weight is 334 g/mol. The summed E-state index contributed by atoms with van der Waals surface area (Å²) in [5, 5.41) is 2.93. The first-order valence-electron chi connectivity index (χ1n) is 8.72. The molecule has 0 bridgehead atoms.